The molecule has 3 aliphatic rings. The molecule has 1 unspecified atom stereocenters. The number of ether oxygens (including phenoxy) is 1. The molecule has 5 N–H and O–H groups in total. The molecule has 0 bridgehead atoms. The summed E-state index contributed by atoms with van der Waals surface area (Å²) in [4.78, 5) is 86.8. The van der Waals surface area contributed by atoms with Crippen LogP contribution in [0.15, 0.2) is 60.9 Å². The number of benzene rings is 2. The Morgan fingerprint density at radius 1 is 0.803 bits per heavy atom. The van der Waals surface area contributed by atoms with E-state index >= 15 is 0 Å². The lowest BCUT2D eigenvalue weighted by Gasteiger charge is -2.47. The van der Waals surface area contributed by atoms with Gasteiger partial charge in [0.2, 0.25) is 11.8 Å². The molecule has 4 aromatic rings. The Kier molecular flexibility index (Phi) is 12.1. The molecule has 17 heteroatoms. The van der Waals surface area contributed by atoms with Gasteiger partial charge in [-0.1, -0.05) is 76.2 Å². The Labute approximate surface area is 355 Å². The minimum Gasteiger partial charge on any atom is -0.465 e. The number of methoxy groups -OCH3 is 1. The van der Waals surface area contributed by atoms with Crippen molar-refractivity contribution in [3.05, 3.63) is 72.6 Å². The van der Waals surface area contributed by atoms with Gasteiger partial charge in [0.15, 0.2) is 0 Å². The van der Waals surface area contributed by atoms with Crippen LogP contribution in [-0.4, -0.2) is 134 Å². The average molecular weight is 837 g/mol. The molecule has 4 atom stereocenters. The highest BCUT2D eigenvalue weighted by molar-refractivity contribution is 5.87. The van der Waals surface area contributed by atoms with Crippen molar-refractivity contribution in [3.8, 4) is 33.6 Å². The number of aromatic amines is 2. The highest BCUT2D eigenvalue weighted by Gasteiger charge is 2.55. The number of nitrogens with one attached hydrogen (secondary N) is 4. The first-order chi connectivity index (χ1) is 29.1. The van der Waals surface area contributed by atoms with Gasteiger partial charge in [0, 0.05) is 45.7 Å². The lowest BCUT2D eigenvalue weighted by Crippen LogP contribution is -2.62. The molecule has 3 saturated heterocycles. The number of imidazole rings is 2. The minimum atomic E-state index is -1.13. The van der Waals surface area contributed by atoms with Crippen molar-refractivity contribution < 1.29 is 33.8 Å². The molecule has 3 aliphatic heterocycles. The van der Waals surface area contributed by atoms with Crippen LogP contribution < -0.4 is 10.6 Å². The molecule has 1 spiro atoms. The first kappa shape index (κ1) is 42.7. The number of likely N-dealkylation sites (tertiary alicyclic amines) is 3. The summed E-state index contributed by atoms with van der Waals surface area (Å²) in [6.07, 6.45) is 3.89. The van der Waals surface area contributed by atoms with Crippen molar-refractivity contribution in [2.24, 2.45) is 17.3 Å². The van der Waals surface area contributed by atoms with Crippen molar-refractivity contribution in [1.82, 2.24) is 50.2 Å². The zero-order valence-corrected chi connectivity index (χ0v) is 35.8. The monoisotopic (exact) mass is 836 g/mol. The van der Waals surface area contributed by atoms with E-state index in [1.165, 1.54) is 14.2 Å². The number of hydrogen-bond donors (Lipinski definition) is 5. The fourth-order valence-electron chi connectivity index (χ4n) is 9.20. The summed E-state index contributed by atoms with van der Waals surface area (Å²) in [5, 5.41) is 15.0. The Balaban J connectivity index is 1.04. The summed E-state index contributed by atoms with van der Waals surface area (Å²) in [6.45, 7) is 9.46. The number of carbonyl (C=O) groups is 5. The maximum absolute atomic E-state index is 14.1. The van der Waals surface area contributed by atoms with E-state index in [-0.39, 0.29) is 47.2 Å². The number of hydrogen-bond acceptors (Lipinski definition) is 8. The number of carboxylic acid groups (broad SMARTS) is 1. The van der Waals surface area contributed by atoms with E-state index in [0.29, 0.717) is 44.2 Å². The van der Waals surface area contributed by atoms with E-state index in [4.69, 9.17) is 9.72 Å². The van der Waals surface area contributed by atoms with Gasteiger partial charge in [-0.2, -0.15) is 0 Å². The van der Waals surface area contributed by atoms with Crippen molar-refractivity contribution >= 4 is 30.0 Å². The standard InChI is InChI=1S/C44H56N10O7/c1-25(2)35(50-42(58)61-7)39(55)54-24-44(22-52(23-44)41(57)45-5)19-34(54)38-47-21-32(49-38)30-16-12-28(13-17-30)27-10-14-29(15-11-27)31-20-46-37(48-31)33-9-8-18-53(33)40(56)36(26(3)4)51(6)43(59)60/h10-17,20-21,25-26,33-36H,8-9,18-19,22-24H2,1-7H3,(H,45,57)(H,46,48)(H,47,49)(H,50,58)(H,59,60)/t33-,34?,35-,36-/m0/s1. The highest BCUT2D eigenvalue weighted by Crippen LogP contribution is 2.48. The van der Waals surface area contributed by atoms with Gasteiger partial charge < -0.3 is 45.1 Å². The minimum absolute atomic E-state index is 0.154. The molecule has 3 fully saturated rings. The predicted molar refractivity (Wildman–Crippen MR) is 227 cm³/mol. The fraction of sp³-hybridized carbons (Fsp3) is 0.477. The van der Waals surface area contributed by atoms with Crippen LogP contribution in [0.25, 0.3) is 33.6 Å². The maximum Gasteiger partial charge on any atom is 0.407 e. The maximum atomic E-state index is 14.1. The largest absolute Gasteiger partial charge is 0.465 e. The Morgan fingerprint density at radius 2 is 1.34 bits per heavy atom. The third kappa shape index (κ3) is 8.50. The van der Waals surface area contributed by atoms with Crippen LogP contribution in [0.4, 0.5) is 14.4 Å². The molecule has 324 valence electrons. The summed E-state index contributed by atoms with van der Waals surface area (Å²) in [5.74, 6) is 0.506. The van der Waals surface area contributed by atoms with Crippen LogP contribution in [0, 0.1) is 17.3 Å². The van der Waals surface area contributed by atoms with E-state index in [2.05, 4.69) is 25.6 Å². The molecule has 0 aliphatic carbocycles. The van der Waals surface area contributed by atoms with E-state index in [0.717, 1.165) is 51.4 Å². The van der Waals surface area contributed by atoms with Crippen LogP contribution in [-0.2, 0) is 14.3 Å². The molecular weight excluding hydrogens is 781 g/mol. The molecule has 6 amide bonds. The lowest BCUT2D eigenvalue weighted by molar-refractivity contribution is -0.138. The van der Waals surface area contributed by atoms with Gasteiger partial charge in [-0.3, -0.25) is 14.5 Å². The SMILES string of the molecule is CNC(=O)N1CC2(CC(c3ncc(-c4ccc(-c5ccc(-c6cnc([C@@H]7CCCN7C(=O)[C@H](C(C)C)N(C)C(=O)O)[nH]6)cc5)cc4)[nH]3)N(C(=O)[C@@H](NC(=O)OC)C(C)C)C2)C1. The smallest absolute Gasteiger partial charge is 0.407 e. The second-order valence-electron chi connectivity index (χ2n) is 17.2. The number of carbonyl (C=O) groups excluding carboxylic acids is 4. The third-order valence-corrected chi connectivity index (χ3v) is 12.4. The van der Waals surface area contributed by atoms with Crippen LogP contribution in [0.3, 0.4) is 0 Å². The van der Waals surface area contributed by atoms with Gasteiger partial charge >= 0.3 is 18.2 Å². The Morgan fingerprint density at radius 3 is 1.84 bits per heavy atom. The fourth-order valence-corrected chi connectivity index (χ4v) is 9.20. The number of amides is 6. The summed E-state index contributed by atoms with van der Waals surface area (Å²) >= 11 is 0. The Hall–Kier alpha value is -6.39. The number of aromatic nitrogens is 4. The van der Waals surface area contributed by atoms with Crippen LogP contribution >= 0.6 is 0 Å². The molecule has 0 radical (unpaired) electrons. The number of likely N-dealkylation sites (N-methyl/N-ethyl adjacent to an activating group) is 1. The second kappa shape index (κ2) is 17.3. The summed E-state index contributed by atoms with van der Waals surface area (Å²) in [6, 6.07) is 13.9. The van der Waals surface area contributed by atoms with Gasteiger partial charge in [0.25, 0.3) is 0 Å². The number of alkyl carbamates (subject to hydrolysis) is 1. The number of nitrogens with zero attached hydrogens (tertiary/aromatic N) is 6. The van der Waals surface area contributed by atoms with Crippen molar-refractivity contribution in [2.45, 2.75) is 71.1 Å². The zero-order chi connectivity index (χ0) is 43.7. The first-order valence-electron chi connectivity index (χ1n) is 20.8. The molecule has 2 aromatic carbocycles. The molecule has 61 heavy (non-hydrogen) atoms. The zero-order valence-electron chi connectivity index (χ0n) is 35.8. The van der Waals surface area contributed by atoms with Crippen molar-refractivity contribution in [3.63, 3.8) is 0 Å². The summed E-state index contributed by atoms with van der Waals surface area (Å²) in [7, 11) is 4.31. The summed E-state index contributed by atoms with van der Waals surface area (Å²) < 4.78 is 4.82. The first-order valence-corrected chi connectivity index (χ1v) is 20.8. The Bertz CT molecular complexity index is 2250. The second-order valence-corrected chi connectivity index (χ2v) is 17.2. The van der Waals surface area contributed by atoms with Crippen molar-refractivity contribution in [2.75, 3.05) is 47.4 Å². The average Bonchev–Trinajstić information content (AvgIpc) is 4.07. The molecule has 0 saturated carbocycles. The van der Waals surface area contributed by atoms with Crippen LogP contribution in [0.5, 0.6) is 0 Å². The number of H-pyrrole nitrogens is 2. The van der Waals surface area contributed by atoms with E-state index in [1.54, 1.807) is 34.1 Å². The number of rotatable bonds is 11. The third-order valence-electron chi connectivity index (χ3n) is 12.4. The van der Waals surface area contributed by atoms with Gasteiger partial charge in [-0.15, -0.1) is 0 Å². The lowest BCUT2D eigenvalue weighted by atomic mass is 9.78. The van der Waals surface area contributed by atoms with Gasteiger partial charge in [-0.05, 0) is 53.4 Å². The van der Waals surface area contributed by atoms with Crippen LogP contribution in [0.2, 0.25) is 0 Å². The molecule has 17 nitrogen and oxygen atoms in total. The number of urea groups is 1. The highest BCUT2D eigenvalue weighted by atomic mass is 16.5. The molecule has 2 aromatic heterocycles. The predicted octanol–water partition coefficient (Wildman–Crippen LogP) is 5.73. The molecular formula is C44H56N10O7. The van der Waals surface area contributed by atoms with Gasteiger partial charge in [0.05, 0.1) is 43.0 Å². The van der Waals surface area contributed by atoms with Crippen molar-refractivity contribution in [1.29, 1.82) is 0 Å². The quantitative estimate of drug-likeness (QED) is 0.125. The molecule has 5 heterocycles. The van der Waals surface area contributed by atoms with Crippen LogP contribution in [0.1, 0.15) is 70.7 Å². The van der Waals surface area contributed by atoms with E-state index < -0.39 is 24.3 Å². The van der Waals surface area contributed by atoms with Gasteiger partial charge in [0.1, 0.15) is 23.7 Å². The summed E-state index contributed by atoms with van der Waals surface area (Å²) in [5.41, 5.74) is 5.23. The van der Waals surface area contributed by atoms with Gasteiger partial charge in [-0.25, -0.2) is 24.4 Å². The van der Waals surface area contributed by atoms with E-state index in [1.807, 2.05) is 76.2 Å². The van der Waals surface area contributed by atoms with E-state index in [9.17, 15) is 29.1 Å². The topological polar surface area (TPSA) is 209 Å². The molecule has 7 rings (SSSR count). The normalized spacial score (nSPS) is 19.2.